The van der Waals surface area contributed by atoms with Crippen molar-refractivity contribution in [3.8, 4) is 0 Å². The van der Waals surface area contributed by atoms with Crippen LogP contribution in [0.25, 0.3) is 10.8 Å². The summed E-state index contributed by atoms with van der Waals surface area (Å²) in [5.74, 6) is -0.620. The van der Waals surface area contributed by atoms with Crippen LogP contribution in [-0.4, -0.2) is 27.6 Å². The standard InChI is InChI=1S/C18H16FN3O2/c1-21(11-13-5-4-7-15(19)9-13)17(23)12-22-18(24)16-8-3-2-6-14(16)10-20-22/h2-10H,11-12H2,1H3. The number of hydrogen-bond donors (Lipinski definition) is 0. The Labute approximate surface area is 137 Å². The van der Waals surface area contributed by atoms with E-state index in [4.69, 9.17) is 0 Å². The number of nitrogens with zero attached hydrogens (tertiary/aromatic N) is 3. The van der Waals surface area contributed by atoms with Crippen LogP contribution >= 0.6 is 0 Å². The molecular weight excluding hydrogens is 309 g/mol. The molecule has 0 saturated carbocycles. The summed E-state index contributed by atoms with van der Waals surface area (Å²) < 4.78 is 14.4. The van der Waals surface area contributed by atoms with Crippen molar-refractivity contribution in [2.24, 2.45) is 0 Å². The highest BCUT2D eigenvalue weighted by Crippen LogP contribution is 2.08. The monoisotopic (exact) mass is 325 g/mol. The van der Waals surface area contributed by atoms with E-state index in [1.54, 1.807) is 43.6 Å². The smallest absolute Gasteiger partial charge is 0.275 e. The molecule has 0 aliphatic rings. The third-order valence-corrected chi connectivity index (χ3v) is 3.78. The lowest BCUT2D eigenvalue weighted by Crippen LogP contribution is -2.34. The van der Waals surface area contributed by atoms with Gasteiger partial charge in [0.25, 0.3) is 5.56 Å². The van der Waals surface area contributed by atoms with E-state index in [1.165, 1.54) is 17.0 Å². The maximum atomic E-state index is 13.2. The molecule has 0 aliphatic heterocycles. The predicted molar refractivity (Wildman–Crippen MR) is 88.9 cm³/mol. The van der Waals surface area contributed by atoms with E-state index in [9.17, 15) is 14.0 Å². The van der Waals surface area contributed by atoms with Gasteiger partial charge in [-0.25, -0.2) is 9.07 Å². The Hall–Kier alpha value is -3.02. The maximum absolute atomic E-state index is 13.2. The molecule has 0 spiro atoms. The van der Waals surface area contributed by atoms with E-state index in [1.807, 2.05) is 6.07 Å². The zero-order valence-electron chi connectivity index (χ0n) is 13.1. The van der Waals surface area contributed by atoms with Gasteiger partial charge in [-0.05, 0) is 23.8 Å². The molecular formula is C18H16FN3O2. The van der Waals surface area contributed by atoms with Crippen molar-refractivity contribution in [3.05, 3.63) is 76.5 Å². The first-order valence-corrected chi connectivity index (χ1v) is 7.48. The Balaban J connectivity index is 1.77. The number of likely N-dealkylation sites (N-methyl/N-ethyl adjacent to an activating group) is 1. The Bertz CT molecular complexity index is 952. The lowest BCUT2D eigenvalue weighted by Gasteiger charge is -2.17. The van der Waals surface area contributed by atoms with Gasteiger partial charge in [-0.15, -0.1) is 0 Å². The molecule has 0 saturated heterocycles. The molecule has 3 rings (SSSR count). The molecule has 122 valence electrons. The largest absolute Gasteiger partial charge is 0.340 e. The third-order valence-electron chi connectivity index (χ3n) is 3.78. The summed E-state index contributed by atoms with van der Waals surface area (Å²) in [5.41, 5.74) is 0.380. The topological polar surface area (TPSA) is 55.2 Å². The summed E-state index contributed by atoms with van der Waals surface area (Å²) in [5, 5.41) is 5.30. The number of fused-ring (bicyclic) bond motifs is 1. The van der Waals surface area contributed by atoms with Gasteiger partial charge in [0.05, 0.1) is 11.6 Å². The first-order valence-electron chi connectivity index (χ1n) is 7.48. The van der Waals surface area contributed by atoms with Crippen molar-refractivity contribution in [1.82, 2.24) is 14.7 Å². The fourth-order valence-electron chi connectivity index (χ4n) is 2.49. The van der Waals surface area contributed by atoms with E-state index < -0.39 is 0 Å². The molecule has 0 aliphatic carbocycles. The van der Waals surface area contributed by atoms with Crippen LogP contribution in [0.15, 0.2) is 59.5 Å². The summed E-state index contributed by atoms with van der Waals surface area (Å²) in [7, 11) is 1.61. The fourth-order valence-corrected chi connectivity index (χ4v) is 2.49. The maximum Gasteiger partial charge on any atom is 0.275 e. The van der Waals surface area contributed by atoms with Crippen LogP contribution in [0.1, 0.15) is 5.56 Å². The number of carbonyl (C=O) groups is 1. The van der Waals surface area contributed by atoms with E-state index >= 15 is 0 Å². The van der Waals surface area contributed by atoms with Gasteiger partial charge < -0.3 is 4.90 Å². The number of benzene rings is 2. The molecule has 1 amide bonds. The van der Waals surface area contributed by atoms with Crippen LogP contribution in [0, 0.1) is 5.82 Å². The summed E-state index contributed by atoms with van der Waals surface area (Å²) in [6, 6.07) is 13.2. The number of hydrogen-bond acceptors (Lipinski definition) is 3. The first-order chi connectivity index (χ1) is 11.5. The third kappa shape index (κ3) is 3.32. The van der Waals surface area contributed by atoms with Crippen LogP contribution in [-0.2, 0) is 17.9 Å². The Kier molecular flexibility index (Phi) is 4.37. The van der Waals surface area contributed by atoms with E-state index in [0.717, 1.165) is 10.1 Å². The van der Waals surface area contributed by atoms with Crippen LogP contribution in [0.2, 0.25) is 0 Å². The molecule has 5 nitrogen and oxygen atoms in total. The Morgan fingerprint density at radius 3 is 2.79 bits per heavy atom. The van der Waals surface area contributed by atoms with Crippen LogP contribution in [0.5, 0.6) is 0 Å². The summed E-state index contributed by atoms with van der Waals surface area (Å²) in [6.45, 7) is 0.106. The summed E-state index contributed by atoms with van der Waals surface area (Å²) in [6.07, 6.45) is 1.57. The average molecular weight is 325 g/mol. The van der Waals surface area contributed by atoms with Gasteiger partial charge in [-0.3, -0.25) is 9.59 Å². The lowest BCUT2D eigenvalue weighted by molar-refractivity contribution is -0.131. The number of halogens is 1. The minimum Gasteiger partial charge on any atom is -0.340 e. The molecule has 24 heavy (non-hydrogen) atoms. The summed E-state index contributed by atoms with van der Waals surface area (Å²) in [4.78, 5) is 26.1. The minimum absolute atomic E-state index is 0.157. The molecule has 1 heterocycles. The predicted octanol–water partition coefficient (Wildman–Crippen LogP) is 2.19. The van der Waals surface area contributed by atoms with Crippen LogP contribution < -0.4 is 5.56 Å². The molecule has 0 bridgehead atoms. The van der Waals surface area contributed by atoms with Crippen molar-refractivity contribution < 1.29 is 9.18 Å². The van der Waals surface area contributed by atoms with Gasteiger partial charge in [0.2, 0.25) is 5.91 Å². The SMILES string of the molecule is CN(Cc1cccc(F)c1)C(=O)Cn1ncc2ccccc2c1=O. The Morgan fingerprint density at radius 2 is 2.00 bits per heavy atom. The molecule has 0 fully saturated rings. The number of amides is 1. The summed E-state index contributed by atoms with van der Waals surface area (Å²) >= 11 is 0. The number of carbonyl (C=O) groups excluding carboxylic acids is 1. The molecule has 2 aromatic carbocycles. The molecule has 0 radical (unpaired) electrons. The normalized spacial score (nSPS) is 10.8. The number of rotatable bonds is 4. The van der Waals surface area contributed by atoms with Crippen molar-refractivity contribution in [2.75, 3.05) is 7.05 Å². The van der Waals surface area contributed by atoms with Gasteiger partial charge in [-0.2, -0.15) is 5.10 Å². The first kappa shape index (κ1) is 15.9. The minimum atomic E-state index is -0.347. The second-order valence-corrected chi connectivity index (χ2v) is 5.57. The molecule has 0 unspecified atom stereocenters. The fraction of sp³-hybridized carbons (Fsp3) is 0.167. The van der Waals surface area contributed by atoms with E-state index in [0.29, 0.717) is 10.9 Å². The number of aromatic nitrogens is 2. The van der Waals surface area contributed by atoms with E-state index in [2.05, 4.69) is 5.10 Å². The van der Waals surface area contributed by atoms with Gasteiger partial charge >= 0.3 is 0 Å². The van der Waals surface area contributed by atoms with Crippen LogP contribution in [0.4, 0.5) is 4.39 Å². The van der Waals surface area contributed by atoms with Crippen molar-refractivity contribution in [3.63, 3.8) is 0 Å². The van der Waals surface area contributed by atoms with E-state index in [-0.39, 0.29) is 30.4 Å². The van der Waals surface area contributed by atoms with Gasteiger partial charge in [-0.1, -0.05) is 30.3 Å². The lowest BCUT2D eigenvalue weighted by atomic mass is 10.2. The molecule has 3 aromatic rings. The highest BCUT2D eigenvalue weighted by molar-refractivity contribution is 5.81. The van der Waals surface area contributed by atoms with Gasteiger partial charge in [0.15, 0.2) is 0 Å². The molecule has 1 aromatic heterocycles. The highest BCUT2D eigenvalue weighted by Gasteiger charge is 2.13. The second-order valence-electron chi connectivity index (χ2n) is 5.57. The zero-order chi connectivity index (χ0) is 17.1. The highest BCUT2D eigenvalue weighted by atomic mass is 19.1. The van der Waals surface area contributed by atoms with Crippen LogP contribution in [0.3, 0.4) is 0 Å². The quantitative estimate of drug-likeness (QED) is 0.739. The molecule has 6 heteroatoms. The molecule has 0 atom stereocenters. The van der Waals surface area contributed by atoms with Gasteiger partial charge in [0.1, 0.15) is 12.4 Å². The average Bonchev–Trinajstić information content (AvgIpc) is 2.57. The van der Waals surface area contributed by atoms with Crippen molar-refractivity contribution in [1.29, 1.82) is 0 Å². The second kappa shape index (κ2) is 6.62. The molecule has 0 N–H and O–H groups in total. The zero-order valence-corrected chi connectivity index (χ0v) is 13.1. The van der Waals surface area contributed by atoms with Crippen molar-refractivity contribution in [2.45, 2.75) is 13.1 Å². The van der Waals surface area contributed by atoms with Crippen molar-refractivity contribution >= 4 is 16.7 Å². The van der Waals surface area contributed by atoms with Gasteiger partial charge in [0, 0.05) is 19.0 Å². The Morgan fingerprint density at radius 1 is 1.21 bits per heavy atom.